The van der Waals surface area contributed by atoms with Gasteiger partial charge >= 0.3 is 5.97 Å². The molecule has 6 nitrogen and oxygen atoms in total. The molecule has 7 heteroatoms. The van der Waals surface area contributed by atoms with Crippen molar-refractivity contribution < 1.29 is 19.1 Å². The van der Waals surface area contributed by atoms with Gasteiger partial charge in [-0.1, -0.05) is 24.4 Å². The topological polar surface area (TPSA) is 84.5 Å². The van der Waals surface area contributed by atoms with Crippen LogP contribution in [-0.4, -0.2) is 24.4 Å². The number of benzene rings is 1. The highest BCUT2D eigenvalue weighted by Crippen LogP contribution is 2.25. The van der Waals surface area contributed by atoms with E-state index in [2.05, 4.69) is 10.9 Å². The lowest BCUT2D eigenvalue weighted by atomic mass is 10.1. The number of nitrogens with one attached hydrogen (secondary N) is 2. The highest BCUT2D eigenvalue weighted by Gasteiger charge is 2.24. The van der Waals surface area contributed by atoms with Crippen LogP contribution in [0.5, 0.6) is 0 Å². The van der Waals surface area contributed by atoms with Crippen LogP contribution in [0.15, 0.2) is 24.3 Å². The zero-order valence-electron chi connectivity index (χ0n) is 11.9. The fourth-order valence-corrected chi connectivity index (χ4v) is 2.38. The molecule has 0 atom stereocenters. The first-order chi connectivity index (χ1) is 10.6. The molecule has 1 aromatic rings. The molecule has 0 radical (unpaired) electrons. The number of carbonyl (C=O) groups excluding carboxylic acids is 3. The Hall–Kier alpha value is -2.08. The summed E-state index contributed by atoms with van der Waals surface area (Å²) >= 11 is 5.72. The zero-order chi connectivity index (χ0) is 15.9. The molecule has 1 aliphatic carbocycles. The Balaban J connectivity index is 1.69. The first-order valence-corrected chi connectivity index (χ1v) is 7.45. The molecule has 1 aromatic carbocycles. The van der Waals surface area contributed by atoms with E-state index < -0.39 is 18.4 Å². The van der Waals surface area contributed by atoms with Crippen molar-refractivity contribution in [1.82, 2.24) is 10.9 Å². The van der Waals surface area contributed by atoms with Gasteiger partial charge in [0.05, 0.1) is 5.92 Å². The highest BCUT2D eigenvalue weighted by atomic mass is 35.5. The lowest BCUT2D eigenvalue weighted by Gasteiger charge is -2.10. The standard InChI is InChI=1S/C15H17ClN2O4/c16-12-7-5-10(6-8-12)14(20)18-17-13(19)9-22-15(21)11-3-1-2-4-11/h5-8,11H,1-4,9H2,(H,17,19)(H,18,20). The maximum atomic E-state index is 11.7. The van der Waals surface area contributed by atoms with Gasteiger partial charge in [-0.25, -0.2) is 0 Å². The number of hydrogen-bond donors (Lipinski definition) is 2. The minimum atomic E-state index is -0.589. The Kier molecular flexibility index (Phi) is 5.77. The van der Waals surface area contributed by atoms with E-state index in [-0.39, 0.29) is 11.9 Å². The summed E-state index contributed by atoms with van der Waals surface area (Å²) < 4.78 is 4.92. The second-order valence-corrected chi connectivity index (χ2v) is 5.53. The number of halogens is 1. The third-order valence-electron chi connectivity index (χ3n) is 3.46. The number of hydrazine groups is 1. The number of carbonyl (C=O) groups is 3. The smallest absolute Gasteiger partial charge is 0.309 e. The molecule has 1 saturated carbocycles. The Morgan fingerprint density at radius 2 is 1.73 bits per heavy atom. The summed E-state index contributed by atoms with van der Waals surface area (Å²) in [6.07, 6.45) is 3.66. The number of amides is 2. The van der Waals surface area contributed by atoms with Crippen LogP contribution >= 0.6 is 11.6 Å². The van der Waals surface area contributed by atoms with Crippen molar-refractivity contribution in [2.75, 3.05) is 6.61 Å². The van der Waals surface area contributed by atoms with Gasteiger partial charge in [0.15, 0.2) is 6.61 Å². The summed E-state index contributed by atoms with van der Waals surface area (Å²) in [7, 11) is 0. The predicted octanol–water partition coefficient (Wildman–Crippen LogP) is 1.83. The second-order valence-electron chi connectivity index (χ2n) is 5.10. The molecule has 0 bridgehead atoms. The fraction of sp³-hybridized carbons (Fsp3) is 0.400. The minimum Gasteiger partial charge on any atom is -0.455 e. The summed E-state index contributed by atoms with van der Waals surface area (Å²) in [4.78, 5) is 34.9. The maximum Gasteiger partial charge on any atom is 0.309 e. The van der Waals surface area contributed by atoms with Gasteiger partial charge in [-0.3, -0.25) is 25.2 Å². The molecule has 2 N–H and O–H groups in total. The van der Waals surface area contributed by atoms with E-state index in [0.29, 0.717) is 10.6 Å². The van der Waals surface area contributed by atoms with E-state index in [1.807, 2.05) is 0 Å². The van der Waals surface area contributed by atoms with Crippen LogP contribution in [0, 0.1) is 5.92 Å². The Morgan fingerprint density at radius 1 is 1.09 bits per heavy atom. The third-order valence-corrected chi connectivity index (χ3v) is 3.71. The first kappa shape index (κ1) is 16.3. The molecular weight excluding hydrogens is 308 g/mol. The van der Waals surface area contributed by atoms with Crippen molar-refractivity contribution in [1.29, 1.82) is 0 Å². The fourth-order valence-electron chi connectivity index (χ4n) is 2.25. The average molecular weight is 325 g/mol. The van der Waals surface area contributed by atoms with Crippen LogP contribution < -0.4 is 10.9 Å². The summed E-state index contributed by atoms with van der Waals surface area (Å²) in [6.45, 7) is -0.407. The van der Waals surface area contributed by atoms with Gasteiger partial charge in [0.2, 0.25) is 0 Å². The van der Waals surface area contributed by atoms with Gasteiger partial charge in [0.1, 0.15) is 0 Å². The average Bonchev–Trinajstić information content (AvgIpc) is 3.05. The number of rotatable bonds is 4. The second kappa shape index (κ2) is 7.79. The van der Waals surface area contributed by atoms with Gasteiger partial charge < -0.3 is 4.74 Å². The van der Waals surface area contributed by atoms with E-state index in [4.69, 9.17) is 16.3 Å². The Labute approximate surface area is 133 Å². The normalized spacial score (nSPS) is 14.4. The molecule has 0 aliphatic heterocycles. The predicted molar refractivity (Wildman–Crippen MR) is 80.0 cm³/mol. The molecule has 118 valence electrons. The van der Waals surface area contributed by atoms with Gasteiger partial charge in [-0.05, 0) is 37.1 Å². The van der Waals surface area contributed by atoms with Crippen LogP contribution in [-0.2, 0) is 14.3 Å². The quantitative estimate of drug-likeness (QED) is 0.653. The number of ether oxygens (including phenoxy) is 1. The molecule has 22 heavy (non-hydrogen) atoms. The highest BCUT2D eigenvalue weighted by molar-refractivity contribution is 6.30. The Morgan fingerprint density at radius 3 is 2.36 bits per heavy atom. The zero-order valence-corrected chi connectivity index (χ0v) is 12.7. The van der Waals surface area contributed by atoms with Gasteiger partial charge in [0.25, 0.3) is 11.8 Å². The minimum absolute atomic E-state index is 0.101. The van der Waals surface area contributed by atoms with Crippen molar-refractivity contribution >= 4 is 29.4 Å². The molecule has 0 spiro atoms. The third kappa shape index (κ3) is 4.73. The van der Waals surface area contributed by atoms with Gasteiger partial charge in [-0.15, -0.1) is 0 Å². The van der Waals surface area contributed by atoms with E-state index in [1.54, 1.807) is 12.1 Å². The molecule has 1 aliphatic rings. The first-order valence-electron chi connectivity index (χ1n) is 7.07. The van der Waals surface area contributed by atoms with Crippen molar-refractivity contribution in [3.63, 3.8) is 0 Å². The molecule has 1 fully saturated rings. The van der Waals surface area contributed by atoms with E-state index in [9.17, 15) is 14.4 Å². The van der Waals surface area contributed by atoms with Crippen LogP contribution in [0.1, 0.15) is 36.0 Å². The van der Waals surface area contributed by atoms with Crippen LogP contribution in [0.4, 0.5) is 0 Å². The lowest BCUT2D eigenvalue weighted by molar-refractivity contribution is -0.152. The van der Waals surface area contributed by atoms with Gasteiger partial charge in [-0.2, -0.15) is 0 Å². The molecule has 0 aromatic heterocycles. The van der Waals surface area contributed by atoms with E-state index >= 15 is 0 Å². The van der Waals surface area contributed by atoms with E-state index in [1.165, 1.54) is 12.1 Å². The summed E-state index contributed by atoms with van der Waals surface area (Å²) in [5, 5.41) is 0.513. The van der Waals surface area contributed by atoms with E-state index in [0.717, 1.165) is 25.7 Å². The summed E-state index contributed by atoms with van der Waals surface area (Å²) in [6, 6.07) is 6.21. The molecule has 2 rings (SSSR count). The monoisotopic (exact) mass is 324 g/mol. The maximum absolute atomic E-state index is 11.7. The lowest BCUT2D eigenvalue weighted by Crippen LogP contribution is -2.43. The molecule has 0 unspecified atom stereocenters. The van der Waals surface area contributed by atoms with Crippen molar-refractivity contribution in [3.05, 3.63) is 34.9 Å². The van der Waals surface area contributed by atoms with Crippen LogP contribution in [0.3, 0.4) is 0 Å². The van der Waals surface area contributed by atoms with Crippen molar-refractivity contribution in [2.24, 2.45) is 5.92 Å². The van der Waals surface area contributed by atoms with Crippen LogP contribution in [0.25, 0.3) is 0 Å². The van der Waals surface area contributed by atoms with Crippen molar-refractivity contribution in [2.45, 2.75) is 25.7 Å². The molecule has 0 heterocycles. The summed E-state index contributed by atoms with van der Waals surface area (Å²) in [5.74, 6) is -1.52. The SMILES string of the molecule is O=C(COC(=O)C1CCCC1)NNC(=O)c1ccc(Cl)cc1. The number of esters is 1. The Bertz CT molecular complexity index is 553. The van der Waals surface area contributed by atoms with Crippen LogP contribution in [0.2, 0.25) is 5.02 Å². The number of hydrogen-bond acceptors (Lipinski definition) is 4. The van der Waals surface area contributed by atoms with Gasteiger partial charge in [0, 0.05) is 10.6 Å². The molecule has 0 saturated heterocycles. The van der Waals surface area contributed by atoms with Crippen molar-refractivity contribution in [3.8, 4) is 0 Å². The molecule has 2 amide bonds. The largest absolute Gasteiger partial charge is 0.455 e. The summed E-state index contributed by atoms with van der Waals surface area (Å²) in [5.41, 5.74) is 4.79. The molecular formula is C15H17ClN2O4.